The first-order chi connectivity index (χ1) is 8.68. The first kappa shape index (κ1) is 14.4. The Labute approximate surface area is 108 Å². The average Bonchev–Trinajstić information content (AvgIpc) is 2.68. The van der Waals surface area contributed by atoms with Crippen LogP contribution in [0.3, 0.4) is 0 Å². The van der Waals surface area contributed by atoms with Crippen LogP contribution < -0.4 is 5.44 Å². The largest absolute Gasteiger partial charge is 0.374 e. The number of imidazole rings is 1. The topological polar surface area (TPSA) is 132 Å². The molecule has 0 aliphatic carbocycles. The maximum absolute atomic E-state index is 11.3. The molecule has 0 unspecified atom stereocenters. The lowest BCUT2D eigenvalue weighted by Crippen LogP contribution is -2.15. The summed E-state index contributed by atoms with van der Waals surface area (Å²) in [6, 6.07) is 4.71. The zero-order chi connectivity index (χ0) is 14.3. The molecule has 4 N–H and O–H groups in total. The van der Waals surface area contributed by atoms with Crippen molar-refractivity contribution in [3.63, 3.8) is 0 Å². The molecule has 0 fully saturated rings. The van der Waals surface area contributed by atoms with Gasteiger partial charge in [-0.1, -0.05) is 6.07 Å². The van der Waals surface area contributed by atoms with Gasteiger partial charge in [-0.25, -0.2) is 4.98 Å². The Morgan fingerprint density at radius 3 is 2.42 bits per heavy atom. The van der Waals surface area contributed by atoms with E-state index in [4.69, 9.17) is 9.79 Å². The predicted molar refractivity (Wildman–Crippen MR) is 67.5 cm³/mol. The standard InChI is InChI=1S/C9H12N2O6P2/c12-18(13,14)5-4-7-2-1-3-8-10-6-9(11(7)8)19(15,16)17/h1-3,6H,4-5H2,(H2,12,13,14)(H2,15,16,17). The van der Waals surface area contributed by atoms with Gasteiger partial charge in [0.15, 0.2) is 5.44 Å². The zero-order valence-corrected chi connectivity index (χ0v) is 11.4. The molecule has 0 aromatic carbocycles. The van der Waals surface area contributed by atoms with Crippen LogP contribution in [-0.2, 0) is 15.6 Å². The molecule has 0 bridgehead atoms. The van der Waals surface area contributed by atoms with Gasteiger partial charge < -0.3 is 19.6 Å². The monoisotopic (exact) mass is 306 g/mol. The molecule has 8 nitrogen and oxygen atoms in total. The SMILES string of the molecule is O=P(O)(O)CCc1cccc2ncc(P(=O)(O)O)n12. The van der Waals surface area contributed by atoms with Crippen molar-refractivity contribution in [1.29, 1.82) is 0 Å². The zero-order valence-electron chi connectivity index (χ0n) is 9.62. The lowest BCUT2D eigenvalue weighted by atomic mass is 10.3. The van der Waals surface area contributed by atoms with Crippen molar-refractivity contribution in [2.24, 2.45) is 0 Å². The number of pyridine rings is 1. The summed E-state index contributed by atoms with van der Waals surface area (Å²) in [6.45, 7) is 0. The van der Waals surface area contributed by atoms with Crippen LogP contribution in [0.5, 0.6) is 0 Å². The fourth-order valence-electron chi connectivity index (χ4n) is 1.75. The maximum Gasteiger partial charge on any atom is 0.374 e. The molecule has 19 heavy (non-hydrogen) atoms. The van der Waals surface area contributed by atoms with E-state index in [2.05, 4.69) is 4.98 Å². The lowest BCUT2D eigenvalue weighted by molar-refractivity contribution is 0.372. The summed E-state index contributed by atoms with van der Waals surface area (Å²) >= 11 is 0. The lowest BCUT2D eigenvalue weighted by Gasteiger charge is -2.10. The van der Waals surface area contributed by atoms with Crippen LogP contribution in [0.25, 0.3) is 5.65 Å². The highest BCUT2D eigenvalue weighted by atomic mass is 31.2. The van der Waals surface area contributed by atoms with Crippen LogP contribution in [0.4, 0.5) is 0 Å². The quantitative estimate of drug-likeness (QED) is 0.578. The van der Waals surface area contributed by atoms with Gasteiger partial charge >= 0.3 is 15.2 Å². The molecule has 0 radical (unpaired) electrons. The summed E-state index contributed by atoms with van der Waals surface area (Å²) in [4.78, 5) is 40.0. The van der Waals surface area contributed by atoms with Gasteiger partial charge in [0, 0.05) is 5.69 Å². The van der Waals surface area contributed by atoms with Crippen LogP contribution in [0, 0.1) is 0 Å². The van der Waals surface area contributed by atoms with Crippen LogP contribution in [-0.4, -0.2) is 35.1 Å². The molecule has 2 aromatic rings. The van der Waals surface area contributed by atoms with E-state index in [-0.39, 0.29) is 11.9 Å². The molecular formula is C9H12N2O6P2. The molecule has 0 spiro atoms. The van der Waals surface area contributed by atoms with Crippen molar-refractivity contribution in [1.82, 2.24) is 9.38 Å². The van der Waals surface area contributed by atoms with E-state index in [1.165, 1.54) is 4.40 Å². The van der Waals surface area contributed by atoms with E-state index in [1.807, 2.05) is 0 Å². The summed E-state index contributed by atoms with van der Waals surface area (Å²) in [5.41, 5.74) is 0.419. The minimum Gasteiger partial charge on any atom is -0.324 e. The van der Waals surface area contributed by atoms with Crippen LogP contribution in [0.15, 0.2) is 24.4 Å². The average molecular weight is 306 g/mol. The fraction of sp³-hybridized carbons (Fsp3) is 0.222. The molecule has 104 valence electrons. The minimum absolute atomic E-state index is 0.00895. The number of nitrogens with zero attached hydrogens (tertiary/aromatic N) is 2. The molecule has 0 aliphatic heterocycles. The Bertz CT molecular complexity index is 700. The van der Waals surface area contributed by atoms with Gasteiger partial charge in [-0.15, -0.1) is 0 Å². The van der Waals surface area contributed by atoms with Gasteiger partial charge in [-0.3, -0.25) is 13.5 Å². The summed E-state index contributed by atoms with van der Waals surface area (Å²) in [5.74, 6) is 0. The van der Waals surface area contributed by atoms with Crippen LogP contribution >= 0.6 is 15.2 Å². The molecule has 0 saturated carbocycles. The Kier molecular flexibility index (Phi) is 3.66. The first-order valence-electron chi connectivity index (χ1n) is 5.24. The maximum atomic E-state index is 11.3. The second kappa shape index (κ2) is 4.83. The van der Waals surface area contributed by atoms with Gasteiger partial charge in [0.25, 0.3) is 0 Å². The molecule has 0 amide bonds. The fourth-order valence-corrected chi connectivity index (χ4v) is 2.97. The van der Waals surface area contributed by atoms with Crippen molar-refractivity contribution in [3.05, 3.63) is 30.1 Å². The molecular weight excluding hydrogens is 294 g/mol. The Morgan fingerprint density at radius 2 is 1.84 bits per heavy atom. The second-order valence-corrected chi connectivity index (χ2v) is 7.33. The molecule has 0 aliphatic rings. The van der Waals surface area contributed by atoms with Gasteiger partial charge in [0.2, 0.25) is 0 Å². The van der Waals surface area contributed by atoms with Crippen molar-refractivity contribution in [2.45, 2.75) is 6.42 Å². The van der Waals surface area contributed by atoms with E-state index < -0.39 is 21.4 Å². The summed E-state index contributed by atoms with van der Waals surface area (Å²) in [5, 5.41) is 0. The van der Waals surface area contributed by atoms with Crippen molar-refractivity contribution >= 4 is 26.3 Å². The third-order valence-electron chi connectivity index (χ3n) is 2.55. The number of hydrogen-bond acceptors (Lipinski definition) is 3. The summed E-state index contributed by atoms with van der Waals surface area (Å²) < 4.78 is 23.5. The Hall–Kier alpha value is -1.01. The van der Waals surface area contributed by atoms with Crippen LogP contribution in [0.2, 0.25) is 0 Å². The van der Waals surface area contributed by atoms with Gasteiger partial charge in [0.1, 0.15) is 5.65 Å². The first-order valence-corrected chi connectivity index (χ1v) is 8.65. The van der Waals surface area contributed by atoms with E-state index in [0.29, 0.717) is 11.3 Å². The highest BCUT2D eigenvalue weighted by Crippen LogP contribution is 2.36. The van der Waals surface area contributed by atoms with E-state index in [0.717, 1.165) is 6.20 Å². The molecule has 2 heterocycles. The number of fused-ring (bicyclic) bond motifs is 1. The van der Waals surface area contributed by atoms with E-state index in [1.54, 1.807) is 18.2 Å². The van der Waals surface area contributed by atoms with Crippen molar-refractivity contribution < 1.29 is 28.7 Å². The third kappa shape index (κ3) is 3.30. The molecule has 10 heteroatoms. The summed E-state index contributed by atoms with van der Waals surface area (Å²) in [7, 11) is -8.67. The predicted octanol–water partition coefficient (Wildman–Crippen LogP) is -0.143. The normalized spacial score (nSPS) is 13.1. The highest BCUT2D eigenvalue weighted by Gasteiger charge is 2.24. The van der Waals surface area contributed by atoms with Crippen LogP contribution in [0.1, 0.15) is 5.69 Å². The van der Waals surface area contributed by atoms with Gasteiger partial charge in [-0.05, 0) is 18.6 Å². The van der Waals surface area contributed by atoms with Crippen molar-refractivity contribution in [2.75, 3.05) is 6.16 Å². The molecule has 2 aromatic heterocycles. The molecule has 2 rings (SSSR count). The van der Waals surface area contributed by atoms with Gasteiger partial charge in [0.05, 0.1) is 12.4 Å². The van der Waals surface area contributed by atoms with Gasteiger partial charge in [-0.2, -0.15) is 0 Å². The number of aromatic nitrogens is 2. The smallest absolute Gasteiger partial charge is 0.324 e. The van der Waals surface area contributed by atoms with Crippen molar-refractivity contribution in [3.8, 4) is 0 Å². The second-order valence-electron chi connectivity index (χ2n) is 4.01. The molecule has 0 saturated heterocycles. The number of aryl methyl sites for hydroxylation is 1. The van der Waals surface area contributed by atoms with E-state index in [9.17, 15) is 18.9 Å². The number of hydrogen-bond donors (Lipinski definition) is 4. The minimum atomic E-state index is -4.50. The third-order valence-corrected chi connectivity index (χ3v) is 4.27. The highest BCUT2D eigenvalue weighted by molar-refractivity contribution is 7.60. The van der Waals surface area contributed by atoms with E-state index >= 15 is 0 Å². The summed E-state index contributed by atoms with van der Waals surface area (Å²) in [6.07, 6.45) is 0.660. The number of rotatable bonds is 4. The Balaban J connectivity index is 2.52. The Morgan fingerprint density at radius 1 is 1.16 bits per heavy atom. The molecule has 0 atom stereocenters.